The van der Waals surface area contributed by atoms with Crippen molar-refractivity contribution in [2.75, 3.05) is 0 Å². The van der Waals surface area contributed by atoms with Crippen molar-refractivity contribution in [1.29, 1.82) is 0 Å². The number of rotatable bonds is 5. The highest BCUT2D eigenvalue weighted by molar-refractivity contribution is 5.90. The number of nitrogens with two attached hydrogens (primary N) is 1. The number of aryl methyl sites for hydroxylation is 2. The highest BCUT2D eigenvalue weighted by Crippen LogP contribution is 2.18. The van der Waals surface area contributed by atoms with Crippen molar-refractivity contribution in [2.24, 2.45) is 10.7 Å². The first-order valence-corrected chi connectivity index (χ1v) is 9.13. The maximum absolute atomic E-state index is 5.74. The summed E-state index contributed by atoms with van der Waals surface area (Å²) in [4.78, 5) is 11.2. The summed E-state index contributed by atoms with van der Waals surface area (Å²) < 4.78 is 0. The number of fused-ring (bicyclic) bond motifs is 1. The standard InChI is InChI=1S/C24H26N4/c1-7-19(16(4)25)13-26-17(5)20-8-9-21-22(18(6)28-24(21)11-20)12-23-14(2)10-15(3)27-23/h7-13,27-28H,4-6,25H2,1-3H3/b19-7+,22-12+,26-13?. The number of H-pyrrole nitrogens is 2. The molecule has 0 saturated heterocycles. The summed E-state index contributed by atoms with van der Waals surface area (Å²) in [5, 5.41) is 3.07. The Labute approximate surface area is 165 Å². The Kier molecular flexibility index (Phi) is 5.23. The Bertz CT molecular complexity index is 1250. The molecule has 0 bridgehead atoms. The molecule has 4 heteroatoms. The number of benzene rings is 1. The van der Waals surface area contributed by atoms with Crippen molar-refractivity contribution in [2.45, 2.75) is 20.8 Å². The highest BCUT2D eigenvalue weighted by Gasteiger charge is 2.05. The van der Waals surface area contributed by atoms with Gasteiger partial charge in [-0.1, -0.05) is 37.9 Å². The van der Waals surface area contributed by atoms with Gasteiger partial charge in [-0.3, -0.25) is 4.99 Å². The molecule has 142 valence electrons. The van der Waals surface area contributed by atoms with Gasteiger partial charge in [0.2, 0.25) is 0 Å². The fraction of sp³-hybridized carbons (Fsp3) is 0.125. The van der Waals surface area contributed by atoms with E-state index in [1.807, 2.05) is 25.1 Å². The molecule has 0 spiro atoms. The van der Waals surface area contributed by atoms with Crippen LogP contribution in [0.5, 0.6) is 0 Å². The number of aliphatic imine (C=N–C) groups is 1. The number of hydrogen-bond donors (Lipinski definition) is 3. The van der Waals surface area contributed by atoms with Crippen LogP contribution in [-0.2, 0) is 0 Å². The molecule has 4 nitrogen and oxygen atoms in total. The summed E-state index contributed by atoms with van der Waals surface area (Å²) in [5.41, 5.74) is 13.1. The second-order valence-electron chi connectivity index (χ2n) is 6.95. The first kappa shape index (κ1) is 19.2. The van der Waals surface area contributed by atoms with E-state index in [1.54, 1.807) is 6.21 Å². The van der Waals surface area contributed by atoms with E-state index < -0.39 is 0 Å². The highest BCUT2D eigenvalue weighted by atomic mass is 14.7. The summed E-state index contributed by atoms with van der Waals surface area (Å²) in [6.07, 6.45) is 5.70. The molecule has 28 heavy (non-hydrogen) atoms. The number of allylic oxidation sites excluding steroid dienone is 2. The monoisotopic (exact) mass is 370 g/mol. The van der Waals surface area contributed by atoms with Gasteiger partial charge in [0.25, 0.3) is 0 Å². The van der Waals surface area contributed by atoms with E-state index in [9.17, 15) is 0 Å². The van der Waals surface area contributed by atoms with E-state index in [-0.39, 0.29) is 0 Å². The summed E-state index contributed by atoms with van der Waals surface area (Å²) in [7, 11) is 0. The fourth-order valence-electron chi connectivity index (χ4n) is 3.23. The molecule has 0 aliphatic carbocycles. The van der Waals surface area contributed by atoms with Crippen LogP contribution in [0.2, 0.25) is 0 Å². The van der Waals surface area contributed by atoms with Gasteiger partial charge >= 0.3 is 0 Å². The third-order valence-electron chi connectivity index (χ3n) is 4.77. The molecule has 3 aromatic rings. The van der Waals surface area contributed by atoms with Gasteiger partial charge in [0.1, 0.15) is 0 Å². The van der Waals surface area contributed by atoms with E-state index in [0.29, 0.717) is 11.4 Å². The van der Waals surface area contributed by atoms with Crippen LogP contribution in [0.1, 0.15) is 29.4 Å². The number of nitrogens with zero attached hydrogens (tertiary/aromatic N) is 1. The van der Waals surface area contributed by atoms with Crippen LogP contribution in [0.15, 0.2) is 59.8 Å². The molecule has 0 radical (unpaired) electrons. The summed E-state index contributed by atoms with van der Waals surface area (Å²) in [6.45, 7) is 18.0. The third-order valence-corrected chi connectivity index (χ3v) is 4.77. The van der Waals surface area contributed by atoms with E-state index >= 15 is 0 Å². The van der Waals surface area contributed by atoms with Gasteiger partial charge in [-0.15, -0.1) is 0 Å². The lowest BCUT2D eigenvalue weighted by Crippen LogP contribution is -2.20. The molecule has 4 N–H and O–H groups in total. The maximum atomic E-state index is 5.74. The van der Waals surface area contributed by atoms with Gasteiger partial charge in [-0.05, 0) is 44.5 Å². The molecule has 0 aliphatic heterocycles. The molecule has 1 aromatic carbocycles. The lowest BCUT2D eigenvalue weighted by Gasteiger charge is -2.02. The topological polar surface area (TPSA) is 70.0 Å². The van der Waals surface area contributed by atoms with Crippen molar-refractivity contribution < 1.29 is 0 Å². The number of hydrogen-bond acceptors (Lipinski definition) is 2. The molecule has 3 rings (SSSR count). The van der Waals surface area contributed by atoms with Crippen LogP contribution in [0.4, 0.5) is 0 Å². The fourth-order valence-corrected chi connectivity index (χ4v) is 3.23. The smallest absolute Gasteiger partial charge is 0.0631 e. The van der Waals surface area contributed by atoms with Crippen LogP contribution in [0, 0.1) is 13.8 Å². The molecule has 0 unspecified atom stereocenters. The van der Waals surface area contributed by atoms with Crippen LogP contribution in [0.3, 0.4) is 0 Å². The summed E-state index contributed by atoms with van der Waals surface area (Å²) in [5.74, 6) is 0. The van der Waals surface area contributed by atoms with Crippen LogP contribution in [-0.4, -0.2) is 16.2 Å². The SMILES string of the molecule is C=C(N)/C(C=NC(=C)c1ccc2/c(=C/c3[nH]c(C)cc3C)c(=C)[nH]c2c1)=C/C. The maximum Gasteiger partial charge on any atom is 0.0631 e. The molecule has 2 heterocycles. The minimum Gasteiger partial charge on any atom is -0.399 e. The van der Waals surface area contributed by atoms with Gasteiger partial charge in [-0.25, -0.2) is 0 Å². The van der Waals surface area contributed by atoms with Crippen molar-refractivity contribution in [3.8, 4) is 0 Å². The zero-order chi connectivity index (χ0) is 20.4. The first-order chi connectivity index (χ1) is 13.3. The second-order valence-corrected chi connectivity index (χ2v) is 6.95. The average molecular weight is 371 g/mol. The van der Waals surface area contributed by atoms with Crippen molar-refractivity contribution >= 4 is 35.5 Å². The number of aromatic nitrogens is 2. The van der Waals surface area contributed by atoms with Crippen LogP contribution < -0.4 is 16.3 Å². The average Bonchev–Trinajstić information content (AvgIpc) is 3.13. The largest absolute Gasteiger partial charge is 0.399 e. The van der Waals surface area contributed by atoms with Gasteiger partial charge in [0, 0.05) is 55.9 Å². The van der Waals surface area contributed by atoms with Gasteiger partial charge in [-0.2, -0.15) is 0 Å². The predicted molar refractivity (Wildman–Crippen MR) is 122 cm³/mol. The second kappa shape index (κ2) is 7.61. The Hall–Kier alpha value is -3.53. The first-order valence-electron chi connectivity index (χ1n) is 9.13. The molecular formula is C24H26N4. The Balaban J connectivity index is 2.02. The molecule has 0 atom stereocenters. The summed E-state index contributed by atoms with van der Waals surface area (Å²) in [6, 6.07) is 8.27. The van der Waals surface area contributed by atoms with E-state index in [1.165, 1.54) is 5.56 Å². The normalized spacial score (nSPS) is 13.0. The van der Waals surface area contributed by atoms with E-state index in [4.69, 9.17) is 5.73 Å². The minimum atomic E-state index is 0.482. The van der Waals surface area contributed by atoms with Gasteiger partial charge in [0.05, 0.1) is 5.70 Å². The van der Waals surface area contributed by atoms with Crippen LogP contribution in [0.25, 0.3) is 29.3 Å². The molecular weight excluding hydrogens is 344 g/mol. The van der Waals surface area contributed by atoms with Crippen molar-refractivity contribution in [1.82, 2.24) is 9.97 Å². The van der Waals surface area contributed by atoms with E-state index in [0.717, 1.165) is 44.0 Å². The van der Waals surface area contributed by atoms with Crippen molar-refractivity contribution in [3.63, 3.8) is 0 Å². The Morgan fingerprint density at radius 3 is 2.50 bits per heavy atom. The molecule has 0 aliphatic rings. The molecule has 2 aromatic heterocycles. The van der Waals surface area contributed by atoms with Crippen LogP contribution >= 0.6 is 0 Å². The number of nitrogens with one attached hydrogen (secondary N) is 2. The molecule has 0 fully saturated rings. The molecule has 0 amide bonds. The summed E-state index contributed by atoms with van der Waals surface area (Å²) >= 11 is 0. The lowest BCUT2D eigenvalue weighted by molar-refractivity contribution is 1.24. The zero-order valence-corrected chi connectivity index (χ0v) is 16.7. The van der Waals surface area contributed by atoms with Gasteiger partial charge < -0.3 is 15.7 Å². The Morgan fingerprint density at radius 1 is 1.14 bits per heavy atom. The molecule has 0 saturated carbocycles. The van der Waals surface area contributed by atoms with Gasteiger partial charge in [0.15, 0.2) is 0 Å². The minimum absolute atomic E-state index is 0.482. The lowest BCUT2D eigenvalue weighted by atomic mass is 10.1. The Morgan fingerprint density at radius 2 is 1.89 bits per heavy atom. The number of aromatic amines is 2. The predicted octanol–water partition coefficient (Wildman–Crippen LogP) is 3.81. The quantitative estimate of drug-likeness (QED) is 0.464. The zero-order valence-electron chi connectivity index (χ0n) is 16.7. The third kappa shape index (κ3) is 3.76. The van der Waals surface area contributed by atoms with Crippen molar-refractivity contribution in [3.05, 3.63) is 87.9 Å². The van der Waals surface area contributed by atoms with E-state index in [2.05, 4.69) is 66.8 Å².